The minimum atomic E-state index is -0.825. The number of benzene rings is 1. The average Bonchev–Trinajstić information content (AvgIpc) is 2.95. The van der Waals surface area contributed by atoms with Crippen molar-refractivity contribution < 1.29 is 23.9 Å². The molecular weight excluding hydrogens is 338 g/mol. The number of nitrogens with zero attached hydrogens (tertiary/aromatic N) is 1. The maximum Gasteiger partial charge on any atom is 0.243 e. The molecule has 2 amide bonds. The van der Waals surface area contributed by atoms with Crippen LogP contribution in [-0.2, 0) is 25.7 Å². The van der Waals surface area contributed by atoms with Crippen LogP contribution in [0.5, 0.6) is 5.75 Å². The van der Waals surface area contributed by atoms with Gasteiger partial charge in [0.05, 0.1) is 6.04 Å². The number of Topliss-reactive ketones (excluding diaryl/α,β-unsaturated/α-hetero) is 1. The Balaban J connectivity index is 1.63. The smallest absolute Gasteiger partial charge is 0.243 e. The number of ether oxygens (including phenoxy) is 1. The van der Waals surface area contributed by atoms with E-state index >= 15 is 0 Å². The fourth-order valence-corrected chi connectivity index (χ4v) is 3.72. The molecule has 2 saturated heterocycles. The van der Waals surface area contributed by atoms with Gasteiger partial charge in [-0.25, -0.2) is 0 Å². The predicted molar refractivity (Wildman–Crippen MR) is 89.3 cm³/mol. The van der Waals surface area contributed by atoms with E-state index in [9.17, 15) is 19.2 Å². The quantitative estimate of drug-likeness (QED) is 0.414. The molecule has 0 spiro atoms. The largest absolute Gasteiger partial charge is 0.488 e. The average molecular weight is 357 g/mol. The van der Waals surface area contributed by atoms with Crippen LogP contribution in [0.4, 0.5) is 0 Å². The van der Waals surface area contributed by atoms with Gasteiger partial charge in [0.15, 0.2) is 6.29 Å². The summed E-state index contributed by atoms with van der Waals surface area (Å²) in [5, 5.41) is 5.44. The number of amides is 2. The van der Waals surface area contributed by atoms with Crippen LogP contribution in [0.3, 0.4) is 0 Å². The summed E-state index contributed by atoms with van der Waals surface area (Å²) in [6.07, 6.45) is 0.940. The molecule has 2 atom stereocenters. The van der Waals surface area contributed by atoms with Crippen molar-refractivity contribution in [3.8, 4) is 5.75 Å². The van der Waals surface area contributed by atoms with E-state index in [1.165, 1.54) is 0 Å². The number of nitrogens with one attached hydrogen (secondary N) is 2. The van der Waals surface area contributed by atoms with Crippen molar-refractivity contribution in [3.05, 3.63) is 29.3 Å². The Morgan fingerprint density at radius 1 is 1.27 bits per heavy atom. The normalized spacial score (nSPS) is 26.0. The number of carbonyl (C=O) groups excluding carboxylic acids is 4. The second kappa shape index (κ2) is 6.62. The van der Waals surface area contributed by atoms with Crippen molar-refractivity contribution >= 4 is 23.9 Å². The first kappa shape index (κ1) is 16.9. The topological polar surface area (TPSA) is 105 Å². The Morgan fingerprint density at radius 3 is 2.73 bits per heavy atom. The molecule has 3 aliphatic heterocycles. The molecule has 0 bridgehead atoms. The summed E-state index contributed by atoms with van der Waals surface area (Å²) in [5.41, 5.74) is 1.57. The molecule has 136 valence electrons. The molecule has 8 nitrogen and oxygen atoms in total. The maximum atomic E-state index is 12.3. The number of hydrogen-bond donors (Lipinski definition) is 2. The van der Waals surface area contributed by atoms with Gasteiger partial charge in [-0.1, -0.05) is 6.07 Å². The molecule has 3 heterocycles. The zero-order valence-electron chi connectivity index (χ0n) is 14.1. The highest BCUT2D eigenvalue weighted by molar-refractivity contribution is 6.27. The molecule has 0 aromatic heterocycles. The van der Waals surface area contributed by atoms with E-state index < -0.39 is 23.8 Å². The van der Waals surface area contributed by atoms with Crippen LogP contribution in [0.2, 0.25) is 0 Å². The van der Waals surface area contributed by atoms with E-state index in [-0.39, 0.29) is 18.4 Å². The SMILES string of the molecule is O=CC(=O)C1c2cc(OC3CNC3)ccc2CN1C1CCC(=O)NC1=O. The van der Waals surface area contributed by atoms with Gasteiger partial charge in [0.25, 0.3) is 0 Å². The summed E-state index contributed by atoms with van der Waals surface area (Å²) in [7, 11) is 0. The molecular formula is C18H19N3O5. The molecule has 3 aliphatic rings. The number of carbonyl (C=O) groups is 4. The molecule has 2 fully saturated rings. The molecule has 1 aromatic rings. The van der Waals surface area contributed by atoms with E-state index in [1.54, 1.807) is 11.0 Å². The number of fused-ring (bicyclic) bond motifs is 1. The molecule has 0 radical (unpaired) electrons. The Kier molecular flexibility index (Phi) is 4.29. The Morgan fingerprint density at radius 2 is 2.08 bits per heavy atom. The summed E-state index contributed by atoms with van der Waals surface area (Å²) in [6.45, 7) is 1.92. The third-order valence-electron chi connectivity index (χ3n) is 5.14. The fraction of sp³-hybridized carbons (Fsp3) is 0.444. The summed E-state index contributed by atoms with van der Waals surface area (Å²) < 4.78 is 5.85. The van der Waals surface area contributed by atoms with Gasteiger partial charge in [0.2, 0.25) is 17.6 Å². The Labute approximate surface area is 149 Å². The van der Waals surface area contributed by atoms with Gasteiger partial charge >= 0.3 is 0 Å². The van der Waals surface area contributed by atoms with Gasteiger partial charge in [0.1, 0.15) is 17.9 Å². The minimum Gasteiger partial charge on any atom is -0.488 e. The van der Waals surface area contributed by atoms with Gasteiger partial charge in [0, 0.05) is 26.1 Å². The monoisotopic (exact) mass is 357 g/mol. The highest BCUT2D eigenvalue weighted by Crippen LogP contribution is 2.39. The van der Waals surface area contributed by atoms with Crippen LogP contribution in [-0.4, -0.2) is 54.0 Å². The third-order valence-corrected chi connectivity index (χ3v) is 5.14. The molecule has 0 aliphatic carbocycles. The minimum absolute atomic E-state index is 0.0981. The molecule has 2 N–H and O–H groups in total. The molecule has 0 saturated carbocycles. The van der Waals surface area contributed by atoms with Crippen molar-refractivity contribution in [1.82, 2.24) is 15.5 Å². The van der Waals surface area contributed by atoms with Crippen LogP contribution in [0.15, 0.2) is 18.2 Å². The number of rotatable bonds is 5. The summed E-state index contributed by atoms with van der Waals surface area (Å²) in [6, 6.07) is 4.05. The van der Waals surface area contributed by atoms with Crippen molar-refractivity contribution in [2.45, 2.75) is 37.6 Å². The summed E-state index contributed by atoms with van der Waals surface area (Å²) in [4.78, 5) is 48.9. The first-order chi connectivity index (χ1) is 12.6. The fourth-order valence-electron chi connectivity index (χ4n) is 3.72. The number of ketones is 1. The Bertz CT molecular complexity index is 789. The van der Waals surface area contributed by atoms with Crippen LogP contribution in [0, 0.1) is 0 Å². The molecule has 26 heavy (non-hydrogen) atoms. The van der Waals surface area contributed by atoms with E-state index in [4.69, 9.17) is 4.74 Å². The third kappa shape index (κ3) is 2.91. The van der Waals surface area contributed by atoms with Gasteiger partial charge in [-0.05, 0) is 29.7 Å². The molecule has 8 heteroatoms. The first-order valence-corrected chi connectivity index (χ1v) is 8.65. The number of hydrogen-bond acceptors (Lipinski definition) is 7. The highest BCUT2D eigenvalue weighted by Gasteiger charge is 2.43. The lowest BCUT2D eigenvalue weighted by atomic mass is 9.99. The van der Waals surface area contributed by atoms with Gasteiger partial charge in [-0.2, -0.15) is 0 Å². The van der Waals surface area contributed by atoms with Crippen LogP contribution in [0.25, 0.3) is 0 Å². The first-order valence-electron chi connectivity index (χ1n) is 8.65. The second-order valence-electron chi connectivity index (χ2n) is 6.82. The van der Waals surface area contributed by atoms with Gasteiger partial charge < -0.3 is 10.1 Å². The Hall–Kier alpha value is -2.58. The standard InChI is InChI=1S/C18H19N3O5/c22-9-15(23)17-13-5-11(26-12-6-19-7-12)2-1-10(13)8-21(17)14-3-4-16(24)20-18(14)25/h1-2,5,9,12,14,17,19H,3-4,6-8H2,(H,20,24,25). The van der Waals surface area contributed by atoms with Crippen molar-refractivity contribution in [1.29, 1.82) is 0 Å². The molecule has 2 unspecified atom stereocenters. The number of imide groups is 1. The number of aldehydes is 1. The second-order valence-corrected chi connectivity index (χ2v) is 6.82. The van der Waals surface area contributed by atoms with Crippen molar-refractivity contribution in [2.24, 2.45) is 0 Å². The molecule has 1 aromatic carbocycles. The lowest BCUT2D eigenvalue weighted by molar-refractivity contribution is -0.141. The lowest BCUT2D eigenvalue weighted by Crippen LogP contribution is -2.52. The van der Waals surface area contributed by atoms with E-state index in [2.05, 4.69) is 10.6 Å². The summed E-state index contributed by atoms with van der Waals surface area (Å²) in [5.74, 6) is -0.694. The van der Waals surface area contributed by atoms with Gasteiger partial charge in [-0.15, -0.1) is 0 Å². The summed E-state index contributed by atoms with van der Waals surface area (Å²) >= 11 is 0. The zero-order valence-corrected chi connectivity index (χ0v) is 14.1. The predicted octanol–water partition coefficient (Wildman–Crippen LogP) is -0.533. The highest BCUT2D eigenvalue weighted by atomic mass is 16.5. The number of piperidine rings is 1. The van der Waals surface area contributed by atoms with Crippen molar-refractivity contribution in [2.75, 3.05) is 13.1 Å². The zero-order chi connectivity index (χ0) is 18.3. The maximum absolute atomic E-state index is 12.3. The van der Waals surface area contributed by atoms with E-state index in [1.807, 2.05) is 12.1 Å². The van der Waals surface area contributed by atoms with Crippen molar-refractivity contribution in [3.63, 3.8) is 0 Å². The lowest BCUT2D eigenvalue weighted by Gasteiger charge is -2.32. The van der Waals surface area contributed by atoms with E-state index in [0.29, 0.717) is 30.6 Å². The van der Waals surface area contributed by atoms with Crippen LogP contribution in [0.1, 0.15) is 30.0 Å². The van der Waals surface area contributed by atoms with Crippen LogP contribution < -0.4 is 15.4 Å². The molecule has 4 rings (SSSR count). The van der Waals surface area contributed by atoms with Gasteiger partial charge in [-0.3, -0.25) is 29.4 Å². The van der Waals surface area contributed by atoms with E-state index in [0.717, 1.165) is 18.7 Å². The van der Waals surface area contributed by atoms with Crippen LogP contribution >= 0.6 is 0 Å².